The van der Waals surface area contributed by atoms with Crippen LogP contribution >= 0.6 is 11.6 Å². The molecule has 2 aromatic rings. The van der Waals surface area contributed by atoms with Crippen molar-refractivity contribution in [3.63, 3.8) is 0 Å². The first-order valence-electron chi connectivity index (χ1n) is 7.05. The van der Waals surface area contributed by atoms with Gasteiger partial charge in [0.25, 0.3) is 5.88 Å². The molecule has 0 amide bonds. The predicted octanol–water partition coefficient (Wildman–Crippen LogP) is 3.39. The minimum Gasteiger partial charge on any atom is -0.487 e. The van der Waals surface area contributed by atoms with E-state index in [0.29, 0.717) is 23.9 Å². The molecule has 0 N–H and O–H groups in total. The van der Waals surface area contributed by atoms with Gasteiger partial charge in [-0.3, -0.25) is 0 Å². The number of halogens is 3. The van der Waals surface area contributed by atoms with Crippen molar-refractivity contribution in [3.05, 3.63) is 41.7 Å². The first kappa shape index (κ1) is 15.7. The van der Waals surface area contributed by atoms with Crippen LogP contribution in [0.3, 0.4) is 0 Å². The lowest BCUT2D eigenvalue weighted by Crippen LogP contribution is -2.26. The van der Waals surface area contributed by atoms with Gasteiger partial charge in [0.05, 0.1) is 11.6 Å². The highest BCUT2D eigenvalue weighted by molar-refractivity contribution is 6.32. The molecule has 3 rings (SSSR count). The monoisotopic (exact) mass is 341 g/mol. The van der Waals surface area contributed by atoms with Crippen molar-refractivity contribution < 1.29 is 18.3 Å². The van der Waals surface area contributed by atoms with E-state index < -0.39 is 6.61 Å². The fraction of sp³-hybridized carbons (Fsp3) is 0.333. The maximum atomic E-state index is 12.4. The van der Waals surface area contributed by atoms with Gasteiger partial charge in [-0.15, -0.1) is 0 Å². The van der Waals surface area contributed by atoms with Gasteiger partial charge in [-0.1, -0.05) is 23.7 Å². The van der Waals surface area contributed by atoms with E-state index in [0.717, 1.165) is 6.42 Å². The van der Waals surface area contributed by atoms with Gasteiger partial charge >= 0.3 is 6.61 Å². The summed E-state index contributed by atoms with van der Waals surface area (Å²) < 4.78 is 35.2. The van der Waals surface area contributed by atoms with Crippen LogP contribution in [0, 0.1) is 0 Å². The molecule has 1 fully saturated rings. The van der Waals surface area contributed by atoms with Gasteiger partial charge in [0, 0.05) is 25.4 Å². The summed E-state index contributed by atoms with van der Waals surface area (Å²) in [7, 11) is 0. The van der Waals surface area contributed by atoms with Crippen LogP contribution in [0.4, 0.5) is 14.6 Å². The van der Waals surface area contributed by atoms with E-state index in [1.165, 1.54) is 12.4 Å². The van der Waals surface area contributed by atoms with Gasteiger partial charge in [-0.25, -0.2) is 9.97 Å². The molecule has 1 unspecified atom stereocenters. The number of anilines is 1. The molecule has 1 aromatic carbocycles. The summed E-state index contributed by atoms with van der Waals surface area (Å²) in [4.78, 5) is 9.73. The molecule has 1 aliphatic heterocycles. The Morgan fingerprint density at radius 2 is 2.00 bits per heavy atom. The Morgan fingerprint density at radius 3 is 2.78 bits per heavy atom. The van der Waals surface area contributed by atoms with Crippen LogP contribution in [-0.2, 0) is 0 Å². The lowest BCUT2D eigenvalue weighted by molar-refractivity contribution is -0.0527. The minimum absolute atomic E-state index is 0.115. The topological polar surface area (TPSA) is 47.5 Å². The van der Waals surface area contributed by atoms with Crippen molar-refractivity contribution in [2.75, 3.05) is 18.0 Å². The standard InChI is InChI=1S/C15H14ClF2N3O2/c16-11-3-1-2-4-12(11)22-10-5-8-21(9-10)13-14(23-15(17)18)20-7-6-19-13/h1-4,6-7,10,15H,5,8-9H2. The summed E-state index contributed by atoms with van der Waals surface area (Å²) in [6.07, 6.45) is 3.36. The Balaban J connectivity index is 1.69. The summed E-state index contributed by atoms with van der Waals surface area (Å²) in [5, 5.41) is 0.534. The van der Waals surface area contributed by atoms with E-state index in [1.54, 1.807) is 12.1 Å². The number of nitrogens with zero attached hydrogens (tertiary/aromatic N) is 3. The maximum Gasteiger partial charge on any atom is 0.388 e. The van der Waals surface area contributed by atoms with Crippen LogP contribution in [0.15, 0.2) is 36.7 Å². The zero-order chi connectivity index (χ0) is 16.2. The summed E-state index contributed by atoms with van der Waals surface area (Å²) in [5.74, 6) is 0.711. The zero-order valence-corrected chi connectivity index (χ0v) is 12.8. The van der Waals surface area contributed by atoms with Crippen LogP contribution in [0.5, 0.6) is 11.6 Å². The Morgan fingerprint density at radius 1 is 1.22 bits per heavy atom. The molecule has 5 nitrogen and oxygen atoms in total. The molecule has 1 aliphatic rings. The second-order valence-electron chi connectivity index (χ2n) is 4.97. The van der Waals surface area contributed by atoms with Crippen molar-refractivity contribution in [1.82, 2.24) is 9.97 Å². The van der Waals surface area contributed by atoms with E-state index in [1.807, 2.05) is 17.0 Å². The Bertz CT molecular complexity index is 675. The molecule has 23 heavy (non-hydrogen) atoms. The normalized spacial score (nSPS) is 17.6. The lowest BCUT2D eigenvalue weighted by atomic mass is 10.3. The van der Waals surface area contributed by atoms with Crippen LogP contribution in [0.1, 0.15) is 6.42 Å². The third-order valence-electron chi connectivity index (χ3n) is 3.42. The molecular weight excluding hydrogens is 328 g/mol. The van der Waals surface area contributed by atoms with E-state index in [-0.39, 0.29) is 17.8 Å². The smallest absolute Gasteiger partial charge is 0.388 e. The molecule has 122 valence electrons. The number of rotatable bonds is 5. The number of ether oxygens (including phenoxy) is 2. The summed E-state index contributed by atoms with van der Waals surface area (Å²) in [5.41, 5.74) is 0. The quantitative estimate of drug-likeness (QED) is 0.834. The molecule has 0 bridgehead atoms. The number of hydrogen-bond donors (Lipinski definition) is 0. The first-order chi connectivity index (χ1) is 11.1. The first-order valence-corrected chi connectivity index (χ1v) is 7.43. The second kappa shape index (κ2) is 6.95. The van der Waals surface area contributed by atoms with Gasteiger partial charge in [-0.05, 0) is 12.1 Å². The Labute approximate surface area is 136 Å². The van der Waals surface area contributed by atoms with Crippen molar-refractivity contribution in [2.45, 2.75) is 19.1 Å². The number of hydrogen-bond acceptors (Lipinski definition) is 5. The van der Waals surface area contributed by atoms with Gasteiger partial charge in [0.1, 0.15) is 11.9 Å². The van der Waals surface area contributed by atoms with Crippen molar-refractivity contribution in [3.8, 4) is 11.6 Å². The number of benzene rings is 1. The Kier molecular flexibility index (Phi) is 4.76. The van der Waals surface area contributed by atoms with E-state index in [2.05, 4.69) is 14.7 Å². The number of alkyl halides is 2. The van der Waals surface area contributed by atoms with Crippen LogP contribution in [-0.4, -0.2) is 35.8 Å². The highest BCUT2D eigenvalue weighted by atomic mass is 35.5. The molecular formula is C15H14ClF2N3O2. The molecule has 2 heterocycles. The van der Waals surface area contributed by atoms with E-state index in [4.69, 9.17) is 16.3 Å². The lowest BCUT2D eigenvalue weighted by Gasteiger charge is -2.20. The minimum atomic E-state index is -2.94. The summed E-state index contributed by atoms with van der Waals surface area (Å²) >= 11 is 6.07. The van der Waals surface area contributed by atoms with Gasteiger partial charge < -0.3 is 14.4 Å². The van der Waals surface area contributed by atoms with Crippen LogP contribution in [0.2, 0.25) is 5.02 Å². The third kappa shape index (κ3) is 3.79. The van der Waals surface area contributed by atoms with Gasteiger partial charge in [0.15, 0.2) is 5.82 Å². The summed E-state index contributed by atoms with van der Waals surface area (Å²) in [6.45, 7) is -1.85. The number of para-hydroxylation sites is 1. The molecule has 0 saturated carbocycles. The molecule has 1 saturated heterocycles. The maximum absolute atomic E-state index is 12.4. The molecule has 1 atom stereocenters. The van der Waals surface area contributed by atoms with Crippen LogP contribution < -0.4 is 14.4 Å². The second-order valence-corrected chi connectivity index (χ2v) is 5.38. The fourth-order valence-electron chi connectivity index (χ4n) is 2.44. The fourth-order valence-corrected chi connectivity index (χ4v) is 2.62. The largest absolute Gasteiger partial charge is 0.487 e. The molecule has 1 aromatic heterocycles. The molecule has 0 spiro atoms. The average Bonchev–Trinajstić information content (AvgIpc) is 2.98. The Hall–Kier alpha value is -2.15. The summed E-state index contributed by atoms with van der Waals surface area (Å²) in [6, 6.07) is 7.20. The van der Waals surface area contributed by atoms with E-state index in [9.17, 15) is 8.78 Å². The average molecular weight is 342 g/mol. The van der Waals surface area contributed by atoms with Crippen LogP contribution in [0.25, 0.3) is 0 Å². The molecule has 8 heteroatoms. The molecule has 0 aliphatic carbocycles. The van der Waals surface area contributed by atoms with Crippen molar-refractivity contribution >= 4 is 17.4 Å². The SMILES string of the molecule is FC(F)Oc1nccnc1N1CCC(Oc2ccccc2Cl)C1. The third-order valence-corrected chi connectivity index (χ3v) is 3.73. The van der Waals surface area contributed by atoms with Gasteiger partial charge in [0.2, 0.25) is 0 Å². The van der Waals surface area contributed by atoms with E-state index >= 15 is 0 Å². The highest BCUT2D eigenvalue weighted by Crippen LogP contribution is 2.30. The van der Waals surface area contributed by atoms with Crippen molar-refractivity contribution in [2.24, 2.45) is 0 Å². The van der Waals surface area contributed by atoms with Crippen molar-refractivity contribution in [1.29, 1.82) is 0 Å². The van der Waals surface area contributed by atoms with Gasteiger partial charge in [-0.2, -0.15) is 8.78 Å². The highest BCUT2D eigenvalue weighted by Gasteiger charge is 2.28. The predicted molar refractivity (Wildman–Crippen MR) is 81.4 cm³/mol. The molecule has 0 radical (unpaired) electrons. The number of aromatic nitrogens is 2. The zero-order valence-electron chi connectivity index (χ0n) is 12.0.